The molecule has 9 heteroatoms. The number of hydrogen-bond donors (Lipinski definition) is 0. The maximum absolute atomic E-state index is 12.4. The molecule has 1 aliphatic rings. The van der Waals surface area contributed by atoms with Crippen LogP contribution in [0.5, 0.6) is 5.75 Å². The molecule has 0 saturated carbocycles. The molecular formula is C21H18F3N3O3. The Kier molecular flexibility index (Phi) is 5.19. The summed E-state index contributed by atoms with van der Waals surface area (Å²) < 4.78 is 46.0. The minimum atomic E-state index is -4.75. The van der Waals surface area contributed by atoms with Gasteiger partial charge in [0.1, 0.15) is 5.75 Å². The first-order valence-corrected chi connectivity index (χ1v) is 9.30. The predicted octanol–water partition coefficient (Wildman–Crippen LogP) is 4.46. The molecule has 0 N–H and O–H groups in total. The summed E-state index contributed by atoms with van der Waals surface area (Å²) in [5, 5.41) is 3.90. The fourth-order valence-corrected chi connectivity index (χ4v) is 3.33. The molecule has 1 aliphatic heterocycles. The molecule has 0 radical (unpaired) electrons. The first-order chi connectivity index (χ1) is 14.3. The van der Waals surface area contributed by atoms with Crippen LogP contribution in [0.15, 0.2) is 53.1 Å². The summed E-state index contributed by atoms with van der Waals surface area (Å²) in [6.45, 7) is 2.98. The van der Waals surface area contributed by atoms with E-state index in [0.29, 0.717) is 24.5 Å². The first kappa shape index (κ1) is 19.9. The van der Waals surface area contributed by atoms with Gasteiger partial charge in [-0.25, -0.2) is 0 Å². The summed E-state index contributed by atoms with van der Waals surface area (Å²) in [4.78, 5) is 18.5. The molecule has 1 fully saturated rings. The Morgan fingerprint density at radius 1 is 1.13 bits per heavy atom. The van der Waals surface area contributed by atoms with Gasteiger partial charge in [0.15, 0.2) is 0 Å². The van der Waals surface area contributed by atoms with E-state index < -0.39 is 6.36 Å². The number of ether oxygens (including phenoxy) is 1. The van der Waals surface area contributed by atoms with E-state index in [4.69, 9.17) is 4.52 Å². The molecule has 0 spiro atoms. The highest BCUT2D eigenvalue weighted by Crippen LogP contribution is 2.30. The molecule has 0 aliphatic carbocycles. The number of likely N-dealkylation sites (tertiary alicyclic amines) is 1. The molecule has 1 unspecified atom stereocenters. The number of nitrogens with zero attached hydrogens (tertiary/aromatic N) is 3. The minimum absolute atomic E-state index is 0.00831. The van der Waals surface area contributed by atoms with Crippen LogP contribution < -0.4 is 4.74 Å². The second kappa shape index (κ2) is 7.81. The largest absolute Gasteiger partial charge is 0.573 e. The van der Waals surface area contributed by atoms with Gasteiger partial charge < -0.3 is 14.2 Å². The Hall–Kier alpha value is -3.36. The lowest BCUT2D eigenvalue weighted by Crippen LogP contribution is -2.24. The van der Waals surface area contributed by atoms with E-state index in [1.165, 1.54) is 24.3 Å². The van der Waals surface area contributed by atoms with Gasteiger partial charge in [-0.15, -0.1) is 13.2 Å². The lowest BCUT2D eigenvalue weighted by molar-refractivity contribution is -0.274. The van der Waals surface area contributed by atoms with E-state index >= 15 is 0 Å². The second-order valence-electron chi connectivity index (χ2n) is 7.19. The number of benzene rings is 2. The van der Waals surface area contributed by atoms with Gasteiger partial charge in [0.25, 0.3) is 0 Å². The van der Waals surface area contributed by atoms with E-state index in [1.54, 1.807) is 4.90 Å². The third-order valence-electron chi connectivity index (χ3n) is 4.85. The number of amides is 1. The molecule has 4 rings (SSSR count). The molecule has 6 nitrogen and oxygen atoms in total. The average Bonchev–Trinajstić information content (AvgIpc) is 3.30. The maximum Gasteiger partial charge on any atom is 0.573 e. The molecular weight excluding hydrogens is 399 g/mol. The minimum Gasteiger partial charge on any atom is -0.406 e. The van der Waals surface area contributed by atoms with Gasteiger partial charge in [-0.1, -0.05) is 35.0 Å². The molecule has 2 heterocycles. The van der Waals surface area contributed by atoms with Crippen molar-refractivity contribution >= 4 is 5.91 Å². The number of hydrogen-bond acceptors (Lipinski definition) is 5. The van der Waals surface area contributed by atoms with Gasteiger partial charge in [-0.05, 0) is 36.8 Å². The molecule has 1 aromatic heterocycles. The Morgan fingerprint density at radius 2 is 1.83 bits per heavy atom. The Bertz CT molecular complexity index is 1030. The van der Waals surface area contributed by atoms with Crippen molar-refractivity contribution in [2.45, 2.75) is 32.2 Å². The Balaban J connectivity index is 1.42. The van der Waals surface area contributed by atoms with Crippen molar-refractivity contribution in [2.24, 2.45) is 0 Å². The molecule has 30 heavy (non-hydrogen) atoms. The number of carbonyl (C=O) groups excluding carboxylic acids is 1. The molecule has 3 aromatic rings. The lowest BCUT2D eigenvalue weighted by atomic mass is 10.1. The third kappa shape index (κ3) is 4.61. The van der Waals surface area contributed by atoms with Gasteiger partial charge in [-0.3, -0.25) is 4.79 Å². The van der Waals surface area contributed by atoms with E-state index in [9.17, 15) is 18.0 Å². The highest BCUT2D eigenvalue weighted by atomic mass is 19.4. The number of alkyl halides is 3. The van der Waals surface area contributed by atoms with Gasteiger partial charge >= 0.3 is 6.36 Å². The van der Waals surface area contributed by atoms with Crippen molar-refractivity contribution in [3.8, 4) is 17.1 Å². The number of halogens is 3. The summed E-state index contributed by atoms with van der Waals surface area (Å²) in [6.07, 6.45) is -4.48. The number of aryl methyl sites for hydroxylation is 1. The van der Waals surface area contributed by atoms with Crippen LogP contribution in [-0.2, 0) is 11.3 Å². The van der Waals surface area contributed by atoms with Crippen LogP contribution in [0, 0.1) is 6.92 Å². The molecule has 1 amide bonds. The van der Waals surface area contributed by atoms with Crippen LogP contribution >= 0.6 is 0 Å². The van der Waals surface area contributed by atoms with E-state index in [2.05, 4.69) is 14.9 Å². The van der Waals surface area contributed by atoms with Gasteiger partial charge in [0.2, 0.25) is 17.6 Å². The highest BCUT2D eigenvalue weighted by Gasteiger charge is 2.34. The van der Waals surface area contributed by atoms with E-state index in [0.717, 1.165) is 11.1 Å². The third-order valence-corrected chi connectivity index (χ3v) is 4.85. The van der Waals surface area contributed by atoms with Crippen LogP contribution in [0.2, 0.25) is 0 Å². The van der Waals surface area contributed by atoms with Crippen molar-refractivity contribution in [3.05, 3.63) is 65.5 Å². The quantitative estimate of drug-likeness (QED) is 0.613. The van der Waals surface area contributed by atoms with E-state index in [1.807, 2.05) is 31.2 Å². The fraction of sp³-hybridized carbons (Fsp3) is 0.286. The summed E-state index contributed by atoms with van der Waals surface area (Å²) in [5.41, 5.74) is 2.68. The molecule has 1 atom stereocenters. The average molecular weight is 417 g/mol. The normalized spacial score (nSPS) is 16.9. The SMILES string of the molecule is Cc1ccc(CN2CC(c3nc(-c4ccc(OC(F)(F)F)cc4)no3)CC2=O)cc1. The zero-order valence-electron chi connectivity index (χ0n) is 16.0. The monoisotopic (exact) mass is 417 g/mol. The summed E-state index contributed by atoms with van der Waals surface area (Å²) in [5.74, 6) is 0.0301. The van der Waals surface area contributed by atoms with Crippen molar-refractivity contribution in [3.63, 3.8) is 0 Å². The number of aromatic nitrogens is 2. The standard InChI is InChI=1S/C21H18F3N3O3/c1-13-2-4-14(5-3-13)11-27-12-16(10-18(27)28)20-25-19(26-30-20)15-6-8-17(9-7-15)29-21(22,23)24/h2-9,16H,10-12H2,1H3. The fourth-order valence-electron chi connectivity index (χ4n) is 3.33. The topological polar surface area (TPSA) is 68.5 Å². The zero-order chi connectivity index (χ0) is 21.3. The summed E-state index contributed by atoms with van der Waals surface area (Å²) in [7, 11) is 0. The van der Waals surface area contributed by atoms with Crippen molar-refractivity contribution in [2.75, 3.05) is 6.54 Å². The first-order valence-electron chi connectivity index (χ1n) is 9.30. The van der Waals surface area contributed by atoms with Gasteiger partial charge in [0, 0.05) is 25.1 Å². The molecule has 1 saturated heterocycles. The van der Waals surface area contributed by atoms with Gasteiger partial charge in [-0.2, -0.15) is 4.98 Å². The summed E-state index contributed by atoms with van der Waals surface area (Å²) in [6, 6.07) is 13.2. The van der Waals surface area contributed by atoms with Crippen LogP contribution in [0.1, 0.15) is 29.4 Å². The zero-order valence-corrected chi connectivity index (χ0v) is 16.0. The van der Waals surface area contributed by atoms with Crippen LogP contribution in [-0.4, -0.2) is 33.9 Å². The maximum atomic E-state index is 12.4. The number of rotatable bonds is 5. The molecule has 0 bridgehead atoms. The molecule has 2 aromatic carbocycles. The van der Waals surface area contributed by atoms with E-state index in [-0.39, 0.29) is 29.8 Å². The van der Waals surface area contributed by atoms with Crippen LogP contribution in [0.25, 0.3) is 11.4 Å². The van der Waals surface area contributed by atoms with Crippen LogP contribution in [0.4, 0.5) is 13.2 Å². The second-order valence-corrected chi connectivity index (χ2v) is 7.19. The smallest absolute Gasteiger partial charge is 0.406 e. The Morgan fingerprint density at radius 3 is 2.50 bits per heavy atom. The van der Waals surface area contributed by atoms with Crippen LogP contribution in [0.3, 0.4) is 0 Å². The number of carbonyl (C=O) groups is 1. The predicted molar refractivity (Wildman–Crippen MR) is 100 cm³/mol. The van der Waals surface area contributed by atoms with Crippen molar-refractivity contribution in [1.29, 1.82) is 0 Å². The van der Waals surface area contributed by atoms with Crippen molar-refractivity contribution in [1.82, 2.24) is 15.0 Å². The highest BCUT2D eigenvalue weighted by molar-refractivity contribution is 5.79. The lowest BCUT2D eigenvalue weighted by Gasteiger charge is -2.16. The Labute approximate surface area is 170 Å². The molecule has 156 valence electrons. The van der Waals surface area contributed by atoms with Crippen molar-refractivity contribution < 1.29 is 27.2 Å². The van der Waals surface area contributed by atoms with Gasteiger partial charge in [0.05, 0.1) is 5.92 Å². The summed E-state index contributed by atoms with van der Waals surface area (Å²) >= 11 is 0.